The second-order valence-corrected chi connectivity index (χ2v) is 4.37. The zero-order chi connectivity index (χ0) is 9.80. The van der Waals surface area contributed by atoms with Crippen LogP contribution in [0.3, 0.4) is 0 Å². The van der Waals surface area contributed by atoms with Gasteiger partial charge in [0.2, 0.25) is 0 Å². The van der Waals surface area contributed by atoms with E-state index in [1.54, 1.807) is 0 Å². The average molecular weight is 212 g/mol. The van der Waals surface area contributed by atoms with Gasteiger partial charge >= 0.3 is 8.60 Å². The Bertz CT molecular complexity index is 278. The molecule has 1 fully saturated rings. The summed E-state index contributed by atoms with van der Waals surface area (Å²) in [4.78, 5) is 0. The van der Waals surface area contributed by atoms with Crippen molar-refractivity contribution in [2.24, 2.45) is 0 Å². The van der Waals surface area contributed by atoms with Crippen LogP contribution in [0, 0.1) is 0 Å². The number of hydrogen-bond donors (Lipinski definition) is 0. The third-order valence-electron chi connectivity index (χ3n) is 1.86. The second kappa shape index (κ2) is 4.85. The summed E-state index contributed by atoms with van der Waals surface area (Å²) in [5, 5.41) is 0. The van der Waals surface area contributed by atoms with Crippen LogP contribution in [0.4, 0.5) is 0 Å². The van der Waals surface area contributed by atoms with E-state index in [0.717, 1.165) is 5.56 Å². The summed E-state index contributed by atoms with van der Waals surface area (Å²) in [6.45, 7) is 3.17. The lowest BCUT2D eigenvalue weighted by Crippen LogP contribution is -1.99. The molecule has 76 valence electrons. The minimum absolute atomic E-state index is 0.164. The highest BCUT2D eigenvalue weighted by Gasteiger charge is 2.24. The molecule has 2 unspecified atom stereocenters. The smallest absolute Gasteiger partial charge is 0.309 e. The van der Waals surface area contributed by atoms with Gasteiger partial charge in [-0.05, 0) is 12.5 Å². The monoisotopic (exact) mass is 212 g/mol. The Morgan fingerprint density at radius 1 is 1.43 bits per heavy atom. The molecule has 0 aliphatic carbocycles. The molecule has 0 bridgehead atoms. The minimum atomic E-state index is -1.11. The normalized spacial score (nSPS) is 26.6. The maximum atomic E-state index is 5.48. The average Bonchev–Trinajstić information content (AvgIpc) is 2.63. The lowest BCUT2D eigenvalue weighted by atomic mass is 10.2. The van der Waals surface area contributed by atoms with Gasteiger partial charge in [0.05, 0.1) is 19.3 Å². The van der Waals surface area contributed by atoms with Crippen LogP contribution in [0.25, 0.3) is 0 Å². The first-order valence-electron chi connectivity index (χ1n) is 4.61. The first-order chi connectivity index (χ1) is 6.84. The van der Waals surface area contributed by atoms with Crippen LogP contribution in [-0.2, 0) is 20.2 Å². The van der Waals surface area contributed by atoms with Crippen molar-refractivity contribution in [2.75, 3.05) is 6.61 Å². The summed E-state index contributed by atoms with van der Waals surface area (Å²) >= 11 is 0. The fourth-order valence-electron chi connectivity index (χ4n) is 1.14. The van der Waals surface area contributed by atoms with Crippen molar-refractivity contribution in [1.82, 2.24) is 0 Å². The topological polar surface area (TPSA) is 27.7 Å². The molecule has 4 heteroatoms. The molecule has 1 heterocycles. The molecule has 1 aromatic carbocycles. The minimum Gasteiger partial charge on any atom is -0.309 e. The van der Waals surface area contributed by atoms with Crippen molar-refractivity contribution in [3.05, 3.63) is 35.9 Å². The molecule has 0 amide bonds. The highest BCUT2D eigenvalue weighted by Crippen LogP contribution is 2.46. The van der Waals surface area contributed by atoms with Crippen LogP contribution >= 0.6 is 8.60 Å². The van der Waals surface area contributed by atoms with Crippen LogP contribution in [0.2, 0.25) is 0 Å². The molecule has 2 rings (SSSR count). The SMILES string of the molecule is CC1COP(OCc2ccccc2)O1. The highest BCUT2D eigenvalue weighted by molar-refractivity contribution is 7.41. The largest absolute Gasteiger partial charge is 0.333 e. The number of benzene rings is 1. The molecule has 0 aromatic heterocycles. The molecule has 1 aromatic rings. The van der Waals surface area contributed by atoms with Gasteiger partial charge in [-0.2, -0.15) is 0 Å². The standard InChI is InChI=1S/C10H13O3P/c1-9-7-11-14(13-9)12-8-10-5-3-2-4-6-10/h2-6,9H,7-8H2,1H3. The predicted molar refractivity (Wildman–Crippen MR) is 54.7 cm³/mol. The molecule has 0 saturated carbocycles. The van der Waals surface area contributed by atoms with E-state index in [4.69, 9.17) is 13.6 Å². The van der Waals surface area contributed by atoms with E-state index in [9.17, 15) is 0 Å². The van der Waals surface area contributed by atoms with E-state index in [-0.39, 0.29) is 6.10 Å². The summed E-state index contributed by atoms with van der Waals surface area (Å²) in [6, 6.07) is 10.0. The van der Waals surface area contributed by atoms with E-state index < -0.39 is 8.60 Å². The number of hydrogen-bond acceptors (Lipinski definition) is 3. The third-order valence-corrected chi connectivity index (χ3v) is 3.09. The molecule has 1 aliphatic heterocycles. The van der Waals surface area contributed by atoms with Crippen LogP contribution in [0.5, 0.6) is 0 Å². The quantitative estimate of drug-likeness (QED) is 0.721. The van der Waals surface area contributed by atoms with E-state index in [1.807, 2.05) is 37.3 Å². The van der Waals surface area contributed by atoms with Gasteiger partial charge in [-0.1, -0.05) is 30.3 Å². The molecule has 14 heavy (non-hydrogen) atoms. The van der Waals surface area contributed by atoms with Crippen molar-refractivity contribution in [1.29, 1.82) is 0 Å². The summed E-state index contributed by atoms with van der Waals surface area (Å²) in [5.41, 5.74) is 1.14. The Balaban J connectivity index is 1.78. The zero-order valence-electron chi connectivity index (χ0n) is 8.05. The van der Waals surface area contributed by atoms with E-state index in [2.05, 4.69) is 0 Å². The summed E-state index contributed by atoms with van der Waals surface area (Å²) in [6.07, 6.45) is 0.164. The molecule has 0 spiro atoms. The predicted octanol–water partition coefficient (Wildman–Crippen LogP) is 2.87. The Hall–Kier alpha value is -0.470. The second-order valence-electron chi connectivity index (χ2n) is 3.19. The molecular formula is C10H13O3P. The van der Waals surface area contributed by atoms with Gasteiger partial charge in [0.25, 0.3) is 0 Å². The molecule has 3 nitrogen and oxygen atoms in total. The van der Waals surface area contributed by atoms with Crippen molar-refractivity contribution < 1.29 is 13.6 Å². The van der Waals surface area contributed by atoms with Crippen LogP contribution < -0.4 is 0 Å². The first-order valence-corrected chi connectivity index (χ1v) is 5.71. The highest BCUT2D eigenvalue weighted by atomic mass is 31.2. The Kier molecular flexibility index (Phi) is 3.49. The Morgan fingerprint density at radius 2 is 2.21 bits per heavy atom. The van der Waals surface area contributed by atoms with Crippen LogP contribution in [0.15, 0.2) is 30.3 Å². The van der Waals surface area contributed by atoms with Crippen molar-refractivity contribution in [2.45, 2.75) is 19.6 Å². The third kappa shape index (κ3) is 2.76. The summed E-state index contributed by atoms with van der Waals surface area (Å²) < 4.78 is 16.2. The van der Waals surface area contributed by atoms with Crippen LogP contribution in [0.1, 0.15) is 12.5 Å². The van der Waals surface area contributed by atoms with Crippen molar-refractivity contribution >= 4 is 8.60 Å². The fraction of sp³-hybridized carbons (Fsp3) is 0.400. The van der Waals surface area contributed by atoms with Gasteiger partial charge in [-0.25, -0.2) is 0 Å². The summed E-state index contributed by atoms with van der Waals surface area (Å²) in [7, 11) is -1.11. The molecule has 0 radical (unpaired) electrons. The van der Waals surface area contributed by atoms with E-state index in [1.165, 1.54) is 0 Å². The van der Waals surface area contributed by atoms with Crippen molar-refractivity contribution in [3.63, 3.8) is 0 Å². The molecule has 1 saturated heterocycles. The van der Waals surface area contributed by atoms with Gasteiger partial charge in [0.15, 0.2) is 0 Å². The van der Waals surface area contributed by atoms with E-state index in [0.29, 0.717) is 13.2 Å². The Morgan fingerprint density at radius 3 is 2.86 bits per heavy atom. The fourth-order valence-corrected chi connectivity index (χ4v) is 2.28. The summed E-state index contributed by atoms with van der Waals surface area (Å²) in [5.74, 6) is 0. The Labute approximate surface area is 85.0 Å². The van der Waals surface area contributed by atoms with Gasteiger partial charge in [-0.15, -0.1) is 0 Å². The lowest BCUT2D eigenvalue weighted by molar-refractivity contribution is 0.220. The lowest BCUT2D eigenvalue weighted by Gasteiger charge is -2.08. The number of rotatable bonds is 3. The van der Waals surface area contributed by atoms with Gasteiger partial charge < -0.3 is 13.6 Å². The molecular weight excluding hydrogens is 199 g/mol. The maximum absolute atomic E-state index is 5.48. The molecule has 0 N–H and O–H groups in total. The van der Waals surface area contributed by atoms with E-state index >= 15 is 0 Å². The molecule has 2 atom stereocenters. The van der Waals surface area contributed by atoms with Crippen LogP contribution in [-0.4, -0.2) is 12.7 Å². The maximum Gasteiger partial charge on any atom is 0.333 e. The van der Waals surface area contributed by atoms with Gasteiger partial charge in [0, 0.05) is 0 Å². The zero-order valence-corrected chi connectivity index (χ0v) is 8.94. The first kappa shape index (κ1) is 10.1. The van der Waals surface area contributed by atoms with Gasteiger partial charge in [-0.3, -0.25) is 0 Å². The molecule has 1 aliphatic rings. The van der Waals surface area contributed by atoms with Crippen molar-refractivity contribution in [3.8, 4) is 0 Å². The van der Waals surface area contributed by atoms with Gasteiger partial charge in [0.1, 0.15) is 0 Å².